The van der Waals surface area contributed by atoms with Gasteiger partial charge in [-0.2, -0.15) is 0 Å². The zero-order valence-electron chi connectivity index (χ0n) is 11.6. The Hall–Kier alpha value is -1.74. The van der Waals surface area contributed by atoms with Crippen LogP contribution in [0.25, 0.3) is 0 Å². The summed E-state index contributed by atoms with van der Waals surface area (Å²) in [6.07, 6.45) is 4.89. The highest BCUT2D eigenvalue weighted by molar-refractivity contribution is 5.33. The first-order valence-corrected chi connectivity index (χ1v) is 6.73. The highest BCUT2D eigenvalue weighted by Crippen LogP contribution is 2.22. The van der Waals surface area contributed by atoms with Crippen molar-refractivity contribution in [3.63, 3.8) is 0 Å². The average Bonchev–Trinajstić information content (AvgIpc) is 2.87. The van der Waals surface area contributed by atoms with E-state index in [0.29, 0.717) is 19.1 Å². The third-order valence-corrected chi connectivity index (χ3v) is 3.25. The molecule has 0 aliphatic rings. The topological polar surface area (TPSA) is 51.0 Å². The third-order valence-electron chi connectivity index (χ3n) is 3.25. The van der Waals surface area contributed by atoms with Gasteiger partial charge in [0.05, 0.1) is 6.61 Å². The molecule has 0 fully saturated rings. The average molecular weight is 258 g/mol. The fraction of sp³-hybridized carbons (Fsp3) is 0.375. The van der Waals surface area contributed by atoms with Crippen molar-refractivity contribution >= 4 is 0 Å². The van der Waals surface area contributed by atoms with Crippen molar-refractivity contribution in [3.05, 3.63) is 53.3 Å². The van der Waals surface area contributed by atoms with Crippen LogP contribution in [0.3, 0.4) is 0 Å². The highest BCUT2D eigenvalue weighted by atomic mass is 16.5. The molecule has 3 N–H and O–H groups in total. The van der Waals surface area contributed by atoms with E-state index in [1.54, 1.807) is 0 Å². The normalized spacial score (nSPS) is 12.4. The monoisotopic (exact) mass is 258 g/mol. The van der Waals surface area contributed by atoms with Crippen molar-refractivity contribution in [2.45, 2.75) is 26.2 Å². The van der Waals surface area contributed by atoms with Gasteiger partial charge in [-0.15, -0.1) is 0 Å². The molecular weight excluding hydrogens is 236 g/mol. The van der Waals surface area contributed by atoms with Gasteiger partial charge >= 0.3 is 0 Å². The second-order valence-electron chi connectivity index (χ2n) is 5.05. The van der Waals surface area contributed by atoms with Gasteiger partial charge in [0.25, 0.3) is 0 Å². The van der Waals surface area contributed by atoms with Crippen molar-refractivity contribution in [1.29, 1.82) is 0 Å². The Balaban J connectivity index is 2.02. The predicted molar refractivity (Wildman–Crippen MR) is 78.6 cm³/mol. The quantitative estimate of drug-likeness (QED) is 0.836. The minimum atomic E-state index is 0.345. The summed E-state index contributed by atoms with van der Waals surface area (Å²) < 4.78 is 5.94. The Labute approximate surface area is 114 Å². The molecular formula is C16H22N2O. The number of hydrogen-bond donors (Lipinski definition) is 2. The van der Waals surface area contributed by atoms with E-state index in [1.807, 2.05) is 12.4 Å². The lowest BCUT2D eigenvalue weighted by Gasteiger charge is -2.16. The molecule has 0 saturated carbocycles. The summed E-state index contributed by atoms with van der Waals surface area (Å²) in [5, 5.41) is 0. The molecule has 3 nitrogen and oxygen atoms in total. The summed E-state index contributed by atoms with van der Waals surface area (Å²) in [7, 11) is 0. The van der Waals surface area contributed by atoms with E-state index in [0.717, 1.165) is 12.2 Å². The Morgan fingerprint density at radius 3 is 2.53 bits per heavy atom. The zero-order chi connectivity index (χ0) is 13.7. The van der Waals surface area contributed by atoms with Crippen LogP contribution in [-0.2, 0) is 0 Å². The van der Waals surface area contributed by atoms with Crippen LogP contribution in [0.15, 0.2) is 36.7 Å². The number of ether oxygens (including phenoxy) is 1. The number of hydrogen-bond acceptors (Lipinski definition) is 2. The second-order valence-corrected chi connectivity index (χ2v) is 5.05. The van der Waals surface area contributed by atoms with Gasteiger partial charge in [-0.1, -0.05) is 6.07 Å². The number of rotatable bonds is 6. The number of aryl methyl sites for hydroxylation is 2. The van der Waals surface area contributed by atoms with Crippen LogP contribution in [0, 0.1) is 13.8 Å². The second kappa shape index (κ2) is 6.43. The first kappa shape index (κ1) is 13.7. The maximum atomic E-state index is 5.94. The lowest BCUT2D eigenvalue weighted by atomic mass is 9.99. The van der Waals surface area contributed by atoms with E-state index in [-0.39, 0.29) is 0 Å². The standard InChI is InChI=1S/C16H22N2O/c1-12-7-13(2)9-16(8-12)19-11-15(3-5-17)14-4-6-18-10-14/h4,6-10,15,18H,3,5,11,17H2,1-2H3. The maximum absolute atomic E-state index is 5.94. The number of aromatic nitrogens is 1. The van der Waals surface area contributed by atoms with E-state index in [4.69, 9.17) is 10.5 Å². The van der Waals surface area contributed by atoms with Gasteiger partial charge in [0.2, 0.25) is 0 Å². The first-order valence-electron chi connectivity index (χ1n) is 6.73. The zero-order valence-corrected chi connectivity index (χ0v) is 11.6. The number of nitrogens with two attached hydrogens (primary N) is 1. The lowest BCUT2D eigenvalue weighted by Crippen LogP contribution is -2.14. The predicted octanol–water partition coefficient (Wildman–Crippen LogP) is 3.14. The summed E-state index contributed by atoms with van der Waals surface area (Å²) in [5.74, 6) is 1.28. The van der Waals surface area contributed by atoms with Crippen LogP contribution < -0.4 is 10.5 Å². The maximum Gasteiger partial charge on any atom is 0.119 e. The van der Waals surface area contributed by atoms with Crippen molar-refractivity contribution < 1.29 is 4.74 Å². The van der Waals surface area contributed by atoms with Crippen LogP contribution in [0.4, 0.5) is 0 Å². The van der Waals surface area contributed by atoms with Gasteiger partial charge in [-0.05, 0) is 61.7 Å². The number of nitrogens with one attached hydrogen (secondary N) is 1. The number of H-pyrrole nitrogens is 1. The van der Waals surface area contributed by atoms with E-state index in [2.05, 4.69) is 43.1 Å². The molecule has 1 aromatic heterocycles. The van der Waals surface area contributed by atoms with Crippen molar-refractivity contribution in [1.82, 2.24) is 4.98 Å². The molecule has 19 heavy (non-hydrogen) atoms. The summed E-state index contributed by atoms with van der Waals surface area (Å²) in [4.78, 5) is 3.09. The van der Waals surface area contributed by atoms with Crippen LogP contribution in [0.5, 0.6) is 5.75 Å². The highest BCUT2D eigenvalue weighted by Gasteiger charge is 2.12. The van der Waals surface area contributed by atoms with Gasteiger partial charge in [0, 0.05) is 18.3 Å². The molecule has 0 bridgehead atoms. The summed E-state index contributed by atoms with van der Waals surface area (Å²) in [6, 6.07) is 8.38. The molecule has 0 saturated heterocycles. The first-order chi connectivity index (χ1) is 9.19. The van der Waals surface area contributed by atoms with Gasteiger partial charge in [-0.25, -0.2) is 0 Å². The molecule has 3 heteroatoms. The largest absolute Gasteiger partial charge is 0.493 e. The van der Waals surface area contributed by atoms with Crippen LogP contribution in [0.1, 0.15) is 29.0 Å². The molecule has 0 radical (unpaired) electrons. The number of aromatic amines is 1. The molecule has 1 atom stereocenters. The molecule has 0 spiro atoms. The van der Waals surface area contributed by atoms with Gasteiger partial charge in [0.15, 0.2) is 0 Å². The Morgan fingerprint density at radius 1 is 1.21 bits per heavy atom. The Kier molecular flexibility index (Phi) is 4.63. The van der Waals surface area contributed by atoms with Crippen molar-refractivity contribution in [2.75, 3.05) is 13.2 Å². The Bertz CT molecular complexity index is 485. The van der Waals surface area contributed by atoms with E-state index >= 15 is 0 Å². The van der Waals surface area contributed by atoms with Crippen LogP contribution in [-0.4, -0.2) is 18.1 Å². The van der Waals surface area contributed by atoms with E-state index < -0.39 is 0 Å². The molecule has 102 valence electrons. The number of benzene rings is 1. The smallest absolute Gasteiger partial charge is 0.119 e. The van der Waals surface area contributed by atoms with E-state index in [1.165, 1.54) is 16.7 Å². The van der Waals surface area contributed by atoms with Crippen molar-refractivity contribution in [3.8, 4) is 5.75 Å². The molecule has 1 aromatic carbocycles. The molecule has 2 rings (SSSR count). The van der Waals surface area contributed by atoms with Crippen LogP contribution in [0.2, 0.25) is 0 Å². The SMILES string of the molecule is Cc1cc(C)cc(OCC(CCN)c2cc[nH]c2)c1. The van der Waals surface area contributed by atoms with Gasteiger partial charge in [-0.3, -0.25) is 0 Å². The molecule has 0 aliphatic carbocycles. The summed E-state index contributed by atoms with van der Waals surface area (Å²) in [5.41, 5.74) is 9.40. The molecule has 0 aliphatic heterocycles. The van der Waals surface area contributed by atoms with Crippen LogP contribution >= 0.6 is 0 Å². The molecule has 2 aromatic rings. The molecule has 1 unspecified atom stereocenters. The Morgan fingerprint density at radius 2 is 1.95 bits per heavy atom. The third kappa shape index (κ3) is 3.86. The fourth-order valence-electron chi connectivity index (χ4n) is 2.35. The fourth-order valence-corrected chi connectivity index (χ4v) is 2.35. The summed E-state index contributed by atoms with van der Waals surface area (Å²) >= 11 is 0. The van der Waals surface area contributed by atoms with E-state index in [9.17, 15) is 0 Å². The lowest BCUT2D eigenvalue weighted by molar-refractivity contribution is 0.282. The van der Waals surface area contributed by atoms with Gasteiger partial charge < -0.3 is 15.5 Å². The van der Waals surface area contributed by atoms with Gasteiger partial charge in [0.1, 0.15) is 5.75 Å². The molecule has 1 heterocycles. The minimum absolute atomic E-state index is 0.345. The van der Waals surface area contributed by atoms with Crippen molar-refractivity contribution in [2.24, 2.45) is 5.73 Å². The molecule has 0 amide bonds. The summed E-state index contributed by atoms with van der Waals surface area (Å²) in [6.45, 7) is 5.51. The minimum Gasteiger partial charge on any atom is -0.493 e.